The van der Waals surface area contributed by atoms with Crippen LogP contribution in [0.2, 0.25) is 0 Å². The average Bonchev–Trinajstić information content (AvgIpc) is 3.38. The van der Waals surface area contributed by atoms with E-state index in [1.165, 1.54) is 20.0 Å². The van der Waals surface area contributed by atoms with Crippen LogP contribution in [0.15, 0.2) is 0 Å². The molecule has 1 aliphatic rings. The quantitative estimate of drug-likeness (QED) is 0.404. The molecule has 1 amide bonds. The van der Waals surface area contributed by atoms with Gasteiger partial charge in [0.1, 0.15) is 6.10 Å². The molecule has 134 valence electrons. The van der Waals surface area contributed by atoms with Gasteiger partial charge in [-0.25, -0.2) is 0 Å². The van der Waals surface area contributed by atoms with E-state index in [1.54, 1.807) is 18.7 Å². The minimum Gasteiger partial charge on any atom is -0.469 e. The van der Waals surface area contributed by atoms with E-state index in [1.807, 2.05) is 6.92 Å². The van der Waals surface area contributed by atoms with Crippen molar-refractivity contribution >= 4 is 11.9 Å². The van der Waals surface area contributed by atoms with Gasteiger partial charge in [0.05, 0.1) is 19.6 Å². The summed E-state index contributed by atoms with van der Waals surface area (Å²) in [5.41, 5.74) is 0. The molecule has 0 aliphatic heterocycles. The second kappa shape index (κ2) is 10.6. The molecule has 2 atom stereocenters. The van der Waals surface area contributed by atoms with Gasteiger partial charge in [-0.2, -0.15) is 0 Å². The Bertz CT molecular complexity index is 370. The van der Waals surface area contributed by atoms with Gasteiger partial charge in [-0.1, -0.05) is 6.92 Å². The number of esters is 1. The number of carbonyl (C=O) groups excluding carboxylic acids is 2. The fourth-order valence-corrected chi connectivity index (χ4v) is 2.29. The third kappa shape index (κ3) is 7.79. The standard InChI is InChI=1S/C17H31NO5/c1-5-22-10-6-9-18(11-13(2)17(20)21-4)16(19)14(3)23-12-15-7-8-15/h13-15H,5-12H2,1-4H3/t13-,14+/m0/s1. The average molecular weight is 329 g/mol. The van der Waals surface area contributed by atoms with Crippen molar-refractivity contribution in [3.63, 3.8) is 0 Å². The van der Waals surface area contributed by atoms with E-state index in [-0.39, 0.29) is 17.8 Å². The van der Waals surface area contributed by atoms with Gasteiger partial charge >= 0.3 is 5.97 Å². The van der Waals surface area contributed by atoms with Gasteiger partial charge in [0.15, 0.2) is 0 Å². The van der Waals surface area contributed by atoms with Crippen molar-refractivity contribution in [3.8, 4) is 0 Å². The largest absolute Gasteiger partial charge is 0.469 e. The van der Waals surface area contributed by atoms with Crippen molar-refractivity contribution in [2.45, 2.75) is 46.1 Å². The highest BCUT2D eigenvalue weighted by Crippen LogP contribution is 2.29. The normalized spacial score (nSPS) is 16.7. The summed E-state index contributed by atoms with van der Waals surface area (Å²) in [4.78, 5) is 25.9. The molecule has 1 rings (SSSR count). The molecule has 0 radical (unpaired) electrons. The van der Waals surface area contributed by atoms with Crippen LogP contribution >= 0.6 is 0 Å². The van der Waals surface area contributed by atoms with Crippen LogP contribution < -0.4 is 0 Å². The van der Waals surface area contributed by atoms with Crippen LogP contribution in [0, 0.1) is 11.8 Å². The maximum Gasteiger partial charge on any atom is 0.310 e. The van der Waals surface area contributed by atoms with E-state index >= 15 is 0 Å². The SMILES string of the molecule is CCOCCCN(C[C@H](C)C(=O)OC)C(=O)[C@@H](C)OCC1CC1. The second-order valence-electron chi connectivity index (χ2n) is 6.18. The molecular formula is C17H31NO5. The number of hydrogen-bond donors (Lipinski definition) is 0. The minimum atomic E-state index is -0.479. The predicted octanol–water partition coefficient (Wildman–Crippen LogP) is 1.87. The van der Waals surface area contributed by atoms with Crippen LogP contribution in [0.5, 0.6) is 0 Å². The molecule has 1 saturated carbocycles. The van der Waals surface area contributed by atoms with Crippen molar-refractivity contribution in [2.75, 3.05) is 40.0 Å². The fraction of sp³-hybridized carbons (Fsp3) is 0.882. The Hall–Kier alpha value is -1.14. The van der Waals surface area contributed by atoms with Gasteiger partial charge in [-0.15, -0.1) is 0 Å². The molecule has 6 nitrogen and oxygen atoms in total. The molecule has 0 saturated heterocycles. The highest BCUT2D eigenvalue weighted by molar-refractivity contribution is 5.81. The Morgan fingerprint density at radius 3 is 2.52 bits per heavy atom. The van der Waals surface area contributed by atoms with Crippen LogP contribution in [0.3, 0.4) is 0 Å². The number of amides is 1. The van der Waals surface area contributed by atoms with Crippen molar-refractivity contribution in [2.24, 2.45) is 11.8 Å². The van der Waals surface area contributed by atoms with E-state index < -0.39 is 6.10 Å². The van der Waals surface area contributed by atoms with Crippen LogP contribution in [-0.2, 0) is 23.8 Å². The van der Waals surface area contributed by atoms with E-state index in [9.17, 15) is 9.59 Å². The molecule has 1 aliphatic carbocycles. The number of rotatable bonds is 12. The molecule has 0 bridgehead atoms. The summed E-state index contributed by atoms with van der Waals surface area (Å²) >= 11 is 0. The van der Waals surface area contributed by atoms with Crippen molar-refractivity contribution in [1.29, 1.82) is 0 Å². The van der Waals surface area contributed by atoms with Crippen LogP contribution in [0.4, 0.5) is 0 Å². The molecule has 0 aromatic rings. The van der Waals surface area contributed by atoms with Gasteiger partial charge < -0.3 is 19.1 Å². The minimum absolute atomic E-state index is 0.0714. The first kappa shape index (κ1) is 19.9. The molecule has 0 unspecified atom stereocenters. The molecule has 6 heteroatoms. The molecule has 0 N–H and O–H groups in total. The Morgan fingerprint density at radius 2 is 1.96 bits per heavy atom. The third-order valence-corrected chi connectivity index (χ3v) is 3.96. The fourth-order valence-electron chi connectivity index (χ4n) is 2.29. The smallest absolute Gasteiger partial charge is 0.310 e. The Labute approximate surface area is 139 Å². The van der Waals surface area contributed by atoms with Gasteiger partial charge in [-0.05, 0) is 39.0 Å². The van der Waals surface area contributed by atoms with Crippen molar-refractivity contribution in [3.05, 3.63) is 0 Å². The Balaban J connectivity index is 2.51. The van der Waals surface area contributed by atoms with Gasteiger partial charge in [-0.3, -0.25) is 9.59 Å². The van der Waals surface area contributed by atoms with Crippen LogP contribution in [0.1, 0.15) is 40.0 Å². The molecule has 0 spiro atoms. The summed E-state index contributed by atoms with van der Waals surface area (Å²) in [5.74, 6) is -0.116. The Morgan fingerprint density at radius 1 is 1.26 bits per heavy atom. The lowest BCUT2D eigenvalue weighted by molar-refractivity contribution is -0.149. The van der Waals surface area contributed by atoms with Crippen LogP contribution in [0.25, 0.3) is 0 Å². The summed E-state index contributed by atoms with van der Waals surface area (Å²) in [6.45, 7) is 8.29. The van der Waals surface area contributed by atoms with Crippen molar-refractivity contribution in [1.82, 2.24) is 4.90 Å². The zero-order valence-corrected chi connectivity index (χ0v) is 14.9. The summed E-state index contributed by atoms with van der Waals surface area (Å²) in [6, 6.07) is 0. The number of methoxy groups -OCH3 is 1. The first-order chi connectivity index (χ1) is 11.0. The third-order valence-electron chi connectivity index (χ3n) is 3.96. The summed E-state index contributed by atoms with van der Waals surface area (Å²) in [6.07, 6.45) is 2.65. The first-order valence-electron chi connectivity index (χ1n) is 8.55. The Kier molecular flexibility index (Phi) is 9.17. The predicted molar refractivity (Wildman–Crippen MR) is 87.0 cm³/mol. The molecule has 0 aromatic heterocycles. The molecule has 0 heterocycles. The van der Waals surface area contributed by atoms with E-state index in [4.69, 9.17) is 14.2 Å². The highest BCUT2D eigenvalue weighted by atomic mass is 16.5. The van der Waals surface area contributed by atoms with E-state index in [2.05, 4.69) is 0 Å². The molecule has 1 fully saturated rings. The lowest BCUT2D eigenvalue weighted by atomic mass is 10.1. The maximum atomic E-state index is 12.6. The van der Waals surface area contributed by atoms with E-state index in [0.717, 1.165) is 6.42 Å². The van der Waals surface area contributed by atoms with Gasteiger partial charge in [0.2, 0.25) is 0 Å². The summed E-state index contributed by atoms with van der Waals surface area (Å²) < 4.78 is 15.7. The monoisotopic (exact) mass is 329 g/mol. The molecular weight excluding hydrogens is 298 g/mol. The first-order valence-corrected chi connectivity index (χ1v) is 8.55. The van der Waals surface area contributed by atoms with Crippen LogP contribution in [-0.4, -0.2) is 62.9 Å². The number of carbonyl (C=O) groups is 2. The number of ether oxygens (including phenoxy) is 3. The summed E-state index contributed by atoms with van der Waals surface area (Å²) in [7, 11) is 1.36. The number of hydrogen-bond acceptors (Lipinski definition) is 5. The lowest BCUT2D eigenvalue weighted by Gasteiger charge is -2.27. The molecule has 0 aromatic carbocycles. The van der Waals surface area contributed by atoms with E-state index in [0.29, 0.717) is 38.8 Å². The van der Waals surface area contributed by atoms with Crippen molar-refractivity contribution < 1.29 is 23.8 Å². The molecule has 23 heavy (non-hydrogen) atoms. The topological polar surface area (TPSA) is 65.1 Å². The highest BCUT2D eigenvalue weighted by Gasteiger charge is 2.28. The lowest BCUT2D eigenvalue weighted by Crippen LogP contribution is -2.43. The zero-order valence-electron chi connectivity index (χ0n) is 14.9. The second-order valence-corrected chi connectivity index (χ2v) is 6.18. The van der Waals surface area contributed by atoms with Gasteiger partial charge in [0, 0.05) is 26.3 Å². The number of nitrogens with zero attached hydrogens (tertiary/aromatic N) is 1. The maximum absolute atomic E-state index is 12.6. The zero-order chi connectivity index (χ0) is 17.2. The van der Waals surface area contributed by atoms with Gasteiger partial charge in [0.25, 0.3) is 5.91 Å². The summed E-state index contributed by atoms with van der Waals surface area (Å²) in [5, 5.41) is 0.